The maximum absolute atomic E-state index is 12.3. The first-order valence-corrected chi connectivity index (χ1v) is 7.77. The van der Waals surface area contributed by atoms with Crippen LogP contribution in [0.5, 0.6) is 0 Å². The zero-order chi connectivity index (χ0) is 14.5. The number of nitrogens with two attached hydrogens (primary N) is 1. The highest BCUT2D eigenvalue weighted by atomic mass is 35.5. The number of halogens is 1. The summed E-state index contributed by atoms with van der Waals surface area (Å²) in [5, 5.41) is 5.54. The van der Waals surface area contributed by atoms with Crippen molar-refractivity contribution >= 4 is 34.5 Å². The number of rotatable bonds is 5. The van der Waals surface area contributed by atoms with Crippen molar-refractivity contribution in [1.29, 1.82) is 0 Å². The number of amides is 1. The molecule has 0 aliphatic heterocycles. The summed E-state index contributed by atoms with van der Waals surface area (Å²) in [6.45, 7) is 2.10. The summed E-state index contributed by atoms with van der Waals surface area (Å²) >= 11 is 7.52. The molecule has 2 rings (SSSR count). The van der Waals surface area contributed by atoms with Gasteiger partial charge in [0.05, 0.1) is 16.8 Å². The Balaban J connectivity index is 2.13. The molecule has 1 aromatic carbocycles. The Morgan fingerprint density at radius 1 is 1.45 bits per heavy atom. The molecule has 0 aliphatic carbocycles. The van der Waals surface area contributed by atoms with Gasteiger partial charge in [-0.15, -0.1) is 11.3 Å². The molecular formula is C15H17ClN2OS. The second kappa shape index (κ2) is 6.77. The van der Waals surface area contributed by atoms with Crippen LogP contribution in [0.1, 0.15) is 41.0 Å². The minimum absolute atomic E-state index is 0.0457. The van der Waals surface area contributed by atoms with E-state index in [1.807, 2.05) is 17.5 Å². The maximum atomic E-state index is 12.3. The van der Waals surface area contributed by atoms with Crippen molar-refractivity contribution in [2.24, 2.45) is 0 Å². The minimum Gasteiger partial charge on any atom is -0.398 e. The predicted octanol–water partition coefficient (Wildman–Crippen LogP) is 4.25. The maximum Gasteiger partial charge on any atom is 0.251 e. The molecule has 0 saturated heterocycles. The first-order chi connectivity index (χ1) is 9.61. The van der Waals surface area contributed by atoms with Crippen molar-refractivity contribution in [2.45, 2.75) is 25.8 Å². The van der Waals surface area contributed by atoms with E-state index < -0.39 is 0 Å². The molecule has 5 heteroatoms. The van der Waals surface area contributed by atoms with Gasteiger partial charge in [0.15, 0.2) is 0 Å². The molecule has 106 valence electrons. The fourth-order valence-electron chi connectivity index (χ4n) is 1.99. The molecule has 3 N–H and O–H groups in total. The molecule has 0 spiro atoms. The summed E-state index contributed by atoms with van der Waals surface area (Å²) in [5.74, 6) is -0.125. The van der Waals surface area contributed by atoms with Crippen LogP contribution in [0.4, 0.5) is 5.69 Å². The molecule has 20 heavy (non-hydrogen) atoms. The Bertz CT molecular complexity index is 584. The van der Waals surface area contributed by atoms with Crippen molar-refractivity contribution in [3.63, 3.8) is 0 Å². The SMILES string of the molecule is CCCC(NC(=O)c1ccc(Cl)c(N)c1)c1cccs1. The molecule has 0 saturated carbocycles. The molecule has 1 unspecified atom stereocenters. The highest BCUT2D eigenvalue weighted by molar-refractivity contribution is 7.10. The fourth-order valence-corrected chi connectivity index (χ4v) is 2.92. The Hall–Kier alpha value is -1.52. The quantitative estimate of drug-likeness (QED) is 0.811. The largest absolute Gasteiger partial charge is 0.398 e. The summed E-state index contributed by atoms with van der Waals surface area (Å²) in [7, 11) is 0. The number of thiophene rings is 1. The summed E-state index contributed by atoms with van der Waals surface area (Å²) < 4.78 is 0. The summed E-state index contributed by atoms with van der Waals surface area (Å²) in [5.41, 5.74) is 6.68. The average molecular weight is 309 g/mol. The third kappa shape index (κ3) is 3.52. The number of carbonyl (C=O) groups is 1. The van der Waals surface area contributed by atoms with Crippen LogP contribution >= 0.6 is 22.9 Å². The molecule has 3 nitrogen and oxygen atoms in total. The van der Waals surface area contributed by atoms with E-state index >= 15 is 0 Å². The highest BCUT2D eigenvalue weighted by Gasteiger charge is 2.16. The molecule has 1 aromatic heterocycles. The molecule has 1 heterocycles. The van der Waals surface area contributed by atoms with E-state index in [4.69, 9.17) is 17.3 Å². The normalized spacial score (nSPS) is 12.1. The average Bonchev–Trinajstić information content (AvgIpc) is 2.95. The highest BCUT2D eigenvalue weighted by Crippen LogP contribution is 2.24. The van der Waals surface area contributed by atoms with Gasteiger partial charge >= 0.3 is 0 Å². The Labute approximate surface area is 127 Å². The molecule has 0 fully saturated rings. The van der Waals surface area contributed by atoms with Gasteiger partial charge in [-0.2, -0.15) is 0 Å². The standard InChI is InChI=1S/C15H17ClN2OS/c1-2-4-13(14-5-3-8-20-14)18-15(19)10-6-7-11(16)12(17)9-10/h3,5-9,13H,2,4,17H2,1H3,(H,18,19). The summed E-state index contributed by atoms with van der Waals surface area (Å²) in [6.07, 6.45) is 1.92. The second-order valence-corrected chi connectivity index (χ2v) is 5.95. The Morgan fingerprint density at radius 2 is 2.25 bits per heavy atom. The Kier molecular flexibility index (Phi) is 5.04. The monoisotopic (exact) mass is 308 g/mol. The van der Waals surface area contributed by atoms with Crippen LogP contribution in [0.2, 0.25) is 5.02 Å². The van der Waals surface area contributed by atoms with E-state index in [1.165, 1.54) is 4.88 Å². The smallest absolute Gasteiger partial charge is 0.251 e. The van der Waals surface area contributed by atoms with E-state index in [1.54, 1.807) is 29.5 Å². The van der Waals surface area contributed by atoms with Gasteiger partial charge in [-0.05, 0) is 36.1 Å². The predicted molar refractivity (Wildman–Crippen MR) is 85.3 cm³/mol. The molecule has 2 aromatic rings. The van der Waals surface area contributed by atoms with Crippen LogP contribution in [-0.2, 0) is 0 Å². The fraction of sp³-hybridized carbons (Fsp3) is 0.267. The van der Waals surface area contributed by atoms with Crippen LogP contribution in [-0.4, -0.2) is 5.91 Å². The summed E-state index contributed by atoms with van der Waals surface area (Å²) in [4.78, 5) is 13.5. The van der Waals surface area contributed by atoms with E-state index in [-0.39, 0.29) is 11.9 Å². The lowest BCUT2D eigenvalue weighted by Crippen LogP contribution is -2.28. The van der Waals surface area contributed by atoms with E-state index in [0.29, 0.717) is 16.3 Å². The van der Waals surface area contributed by atoms with Crippen LogP contribution in [0.15, 0.2) is 35.7 Å². The van der Waals surface area contributed by atoms with Crippen LogP contribution < -0.4 is 11.1 Å². The van der Waals surface area contributed by atoms with Gasteiger partial charge in [-0.25, -0.2) is 0 Å². The summed E-state index contributed by atoms with van der Waals surface area (Å²) in [6, 6.07) is 9.02. The van der Waals surface area contributed by atoms with Crippen molar-refractivity contribution in [3.8, 4) is 0 Å². The molecule has 0 aliphatic rings. The third-order valence-corrected chi connectivity index (χ3v) is 4.36. The number of nitrogens with one attached hydrogen (secondary N) is 1. The van der Waals surface area contributed by atoms with Gasteiger partial charge in [0, 0.05) is 10.4 Å². The van der Waals surface area contributed by atoms with E-state index in [0.717, 1.165) is 12.8 Å². The van der Waals surface area contributed by atoms with Crippen LogP contribution in [0.3, 0.4) is 0 Å². The molecular weight excluding hydrogens is 292 g/mol. The van der Waals surface area contributed by atoms with Gasteiger partial charge in [-0.3, -0.25) is 4.79 Å². The Morgan fingerprint density at radius 3 is 2.85 bits per heavy atom. The molecule has 0 radical (unpaired) electrons. The van der Waals surface area contributed by atoms with Crippen molar-refractivity contribution in [2.75, 3.05) is 5.73 Å². The molecule has 0 bridgehead atoms. The van der Waals surface area contributed by atoms with Crippen molar-refractivity contribution in [3.05, 3.63) is 51.2 Å². The molecule has 1 amide bonds. The van der Waals surface area contributed by atoms with E-state index in [9.17, 15) is 4.79 Å². The number of hydrogen-bond acceptors (Lipinski definition) is 3. The van der Waals surface area contributed by atoms with Gasteiger partial charge in [0.1, 0.15) is 0 Å². The van der Waals surface area contributed by atoms with Crippen molar-refractivity contribution < 1.29 is 4.79 Å². The third-order valence-electron chi connectivity index (χ3n) is 3.03. The molecule has 1 atom stereocenters. The number of hydrogen-bond donors (Lipinski definition) is 2. The van der Waals surface area contributed by atoms with Crippen molar-refractivity contribution in [1.82, 2.24) is 5.32 Å². The second-order valence-electron chi connectivity index (χ2n) is 4.57. The van der Waals surface area contributed by atoms with Gasteiger partial charge in [-0.1, -0.05) is 31.0 Å². The lowest BCUT2D eigenvalue weighted by Gasteiger charge is -2.17. The first-order valence-electron chi connectivity index (χ1n) is 6.51. The van der Waals surface area contributed by atoms with Gasteiger partial charge in [0.2, 0.25) is 0 Å². The lowest BCUT2D eigenvalue weighted by molar-refractivity contribution is 0.0935. The minimum atomic E-state index is -0.125. The zero-order valence-corrected chi connectivity index (χ0v) is 12.8. The van der Waals surface area contributed by atoms with Gasteiger partial charge in [0.25, 0.3) is 5.91 Å². The van der Waals surface area contributed by atoms with Crippen LogP contribution in [0.25, 0.3) is 0 Å². The zero-order valence-electron chi connectivity index (χ0n) is 11.2. The number of benzene rings is 1. The lowest BCUT2D eigenvalue weighted by atomic mass is 10.1. The van der Waals surface area contributed by atoms with Gasteiger partial charge < -0.3 is 11.1 Å². The number of anilines is 1. The topological polar surface area (TPSA) is 55.1 Å². The van der Waals surface area contributed by atoms with E-state index in [2.05, 4.69) is 12.2 Å². The first kappa shape index (κ1) is 14.9. The number of carbonyl (C=O) groups excluding carboxylic acids is 1. The number of nitrogen functional groups attached to an aromatic ring is 1. The van der Waals surface area contributed by atoms with Crippen LogP contribution in [0, 0.1) is 0 Å².